The zero-order valence-corrected chi connectivity index (χ0v) is 12.8. The highest BCUT2D eigenvalue weighted by molar-refractivity contribution is 5.90. The highest BCUT2D eigenvalue weighted by Gasteiger charge is 2.09. The highest BCUT2D eigenvalue weighted by Crippen LogP contribution is 2.18. The molecule has 0 atom stereocenters. The molecule has 0 spiro atoms. The van der Waals surface area contributed by atoms with E-state index in [0.717, 1.165) is 5.75 Å². The Morgan fingerprint density at radius 1 is 1.00 bits per heavy atom. The van der Waals surface area contributed by atoms with E-state index in [-0.39, 0.29) is 5.56 Å². The van der Waals surface area contributed by atoms with Gasteiger partial charge in [0.1, 0.15) is 17.1 Å². The van der Waals surface area contributed by atoms with Crippen molar-refractivity contribution in [3.63, 3.8) is 0 Å². The maximum Gasteiger partial charge on any atom is 0.339 e. The Morgan fingerprint density at radius 3 is 2.45 bits per heavy atom. The summed E-state index contributed by atoms with van der Waals surface area (Å²) >= 11 is 0. The molecule has 1 N–H and O–H groups in total. The number of hydrogen-bond donors (Lipinski definition) is 1. The number of ether oxygens (including phenoxy) is 2. The minimum Gasteiger partial charge on any atom is -0.493 e. The number of carboxylic acid groups (broad SMARTS) is 1. The second-order valence-electron chi connectivity index (χ2n) is 5.10. The largest absolute Gasteiger partial charge is 0.493 e. The molecule has 0 fully saturated rings. The normalized spacial score (nSPS) is 10.3. The van der Waals surface area contributed by atoms with Gasteiger partial charge in [0.15, 0.2) is 0 Å². The van der Waals surface area contributed by atoms with Crippen molar-refractivity contribution >= 4 is 5.97 Å². The predicted molar refractivity (Wildman–Crippen MR) is 84.9 cm³/mol. The van der Waals surface area contributed by atoms with Crippen molar-refractivity contribution in [3.05, 3.63) is 59.2 Å². The maximum atomic E-state index is 11.1. The quantitative estimate of drug-likeness (QED) is 0.789. The van der Waals surface area contributed by atoms with E-state index in [9.17, 15) is 4.79 Å². The van der Waals surface area contributed by atoms with Crippen molar-refractivity contribution in [3.8, 4) is 11.5 Å². The van der Waals surface area contributed by atoms with Gasteiger partial charge in [-0.05, 0) is 49.2 Å². The number of aromatic carboxylic acids is 1. The van der Waals surface area contributed by atoms with Crippen LogP contribution in [0.25, 0.3) is 0 Å². The number of carbonyl (C=O) groups is 1. The van der Waals surface area contributed by atoms with Gasteiger partial charge in [-0.25, -0.2) is 4.79 Å². The second-order valence-corrected chi connectivity index (χ2v) is 5.10. The van der Waals surface area contributed by atoms with E-state index in [1.807, 2.05) is 25.1 Å². The number of hydrogen-bond acceptors (Lipinski definition) is 3. The average Bonchev–Trinajstić information content (AvgIpc) is 2.50. The Labute approximate surface area is 130 Å². The van der Waals surface area contributed by atoms with E-state index in [1.54, 1.807) is 18.2 Å². The Morgan fingerprint density at radius 2 is 1.73 bits per heavy atom. The third-order valence-electron chi connectivity index (χ3n) is 3.41. The third kappa shape index (κ3) is 4.25. The number of aryl methyl sites for hydroxylation is 2. The van der Waals surface area contributed by atoms with Crippen molar-refractivity contribution < 1.29 is 19.4 Å². The van der Waals surface area contributed by atoms with E-state index in [2.05, 4.69) is 6.92 Å². The van der Waals surface area contributed by atoms with E-state index >= 15 is 0 Å². The summed E-state index contributed by atoms with van der Waals surface area (Å²) in [6.45, 7) is 5.05. The van der Waals surface area contributed by atoms with E-state index in [0.29, 0.717) is 25.4 Å². The zero-order valence-electron chi connectivity index (χ0n) is 12.8. The summed E-state index contributed by atoms with van der Waals surface area (Å²) in [5.74, 6) is 0.247. The molecule has 0 radical (unpaired) electrons. The maximum absolute atomic E-state index is 11.1. The van der Waals surface area contributed by atoms with Crippen LogP contribution in [0.3, 0.4) is 0 Å². The van der Waals surface area contributed by atoms with Gasteiger partial charge in [0.25, 0.3) is 0 Å². The van der Waals surface area contributed by atoms with Crippen LogP contribution in [0, 0.1) is 13.8 Å². The van der Waals surface area contributed by atoms with Gasteiger partial charge in [-0.2, -0.15) is 0 Å². The van der Waals surface area contributed by atoms with Crippen molar-refractivity contribution in [2.24, 2.45) is 0 Å². The van der Waals surface area contributed by atoms with Crippen LogP contribution >= 0.6 is 0 Å². The number of carboxylic acids is 1. The third-order valence-corrected chi connectivity index (χ3v) is 3.41. The lowest BCUT2D eigenvalue weighted by Crippen LogP contribution is -2.08. The summed E-state index contributed by atoms with van der Waals surface area (Å²) in [5, 5.41) is 9.06. The summed E-state index contributed by atoms with van der Waals surface area (Å²) in [7, 11) is 0. The van der Waals surface area contributed by atoms with Gasteiger partial charge in [0.05, 0.1) is 13.2 Å². The SMILES string of the molecule is Cc1ccc(OCCCOc2ccccc2C(=O)O)cc1C. The smallest absolute Gasteiger partial charge is 0.339 e. The molecule has 0 bridgehead atoms. The Hall–Kier alpha value is -2.49. The van der Waals surface area contributed by atoms with Crippen LogP contribution in [0.4, 0.5) is 0 Å². The topological polar surface area (TPSA) is 55.8 Å². The van der Waals surface area contributed by atoms with Gasteiger partial charge >= 0.3 is 5.97 Å². The highest BCUT2D eigenvalue weighted by atomic mass is 16.5. The van der Waals surface area contributed by atoms with Gasteiger partial charge < -0.3 is 14.6 Å². The van der Waals surface area contributed by atoms with Crippen LogP contribution in [0.5, 0.6) is 11.5 Å². The van der Waals surface area contributed by atoms with Crippen molar-refractivity contribution in [2.45, 2.75) is 20.3 Å². The molecule has 0 aliphatic carbocycles. The van der Waals surface area contributed by atoms with Gasteiger partial charge in [-0.15, -0.1) is 0 Å². The fourth-order valence-corrected chi connectivity index (χ4v) is 2.00. The fourth-order valence-electron chi connectivity index (χ4n) is 2.00. The molecule has 0 aliphatic rings. The zero-order chi connectivity index (χ0) is 15.9. The van der Waals surface area contributed by atoms with Crippen LogP contribution in [0.1, 0.15) is 27.9 Å². The molecule has 0 heterocycles. The molecule has 2 aromatic rings. The molecule has 116 valence electrons. The summed E-state index contributed by atoms with van der Waals surface area (Å²) in [4.78, 5) is 11.1. The monoisotopic (exact) mass is 300 g/mol. The van der Waals surface area contributed by atoms with Crippen LogP contribution in [0.2, 0.25) is 0 Å². The van der Waals surface area contributed by atoms with Gasteiger partial charge in [0, 0.05) is 6.42 Å². The first-order valence-electron chi connectivity index (χ1n) is 7.23. The standard InChI is InChI=1S/C18H20O4/c1-13-8-9-15(12-14(13)2)21-10-5-11-22-17-7-4-3-6-16(17)18(19)20/h3-4,6-9,12H,5,10-11H2,1-2H3,(H,19,20). The molecule has 4 heteroatoms. The first-order chi connectivity index (χ1) is 10.6. The van der Waals surface area contributed by atoms with Gasteiger partial charge in [0.2, 0.25) is 0 Å². The molecule has 2 rings (SSSR count). The van der Waals surface area contributed by atoms with E-state index in [4.69, 9.17) is 14.6 Å². The van der Waals surface area contributed by atoms with Gasteiger partial charge in [-0.3, -0.25) is 0 Å². The second kappa shape index (κ2) is 7.50. The minimum atomic E-state index is -0.984. The summed E-state index contributed by atoms with van der Waals surface area (Å²) in [6, 6.07) is 12.6. The molecule has 4 nitrogen and oxygen atoms in total. The van der Waals surface area contributed by atoms with Crippen LogP contribution in [-0.2, 0) is 0 Å². The van der Waals surface area contributed by atoms with Crippen molar-refractivity contribution in [2.75, 3.05) is 13.2 Å². The predicted octanol–water partition coefficient (Wildman–Crippen LogP) is 3.85. The summed E-state index contributed by atoms with van der Waals surface area (Å²) in [5.41, 5.74) is 2.61. The molecule has 0 saturated carbocycles. The fraction of sp³-hybridized carbons (Fsp3) is 0.278. The summed E-state index contributed by atoms with van der Waals surface area (Å²) in [6.07, 6.45) is 0.681. The molecule has 0 saturated heterocycles. The first-order valence-corrected chi connectivity index (χ1v) is 7.23. The molecule has 0 aliphatic heterocycles. The number of para-hydroxylation sites is 1. The van der Waals surface area contributed by atoms with Crippen molar-refractivity contribution in [1.82, 2.24) is 0 Å². The lowest BCUT2D eigenvalue weighted by Gasteiger charge is -2.10. The molecule has 2 aromatic carbocycles. The average molecular weight is 300 g/mol. The summed E-state index contributed by atoms with van der Waals surface area (Å²) < 4.78 is 11.2. The molecular weight excluding hydrogens is 280 g/mol. The van der Waals surface area contributed by atoms with Crippen LogP contribution in [0.15, 0.2) is 42.5 Å². The Balaban J connectivity index is 1.78. The molecule has 0 aromatic heterocycles. The molecule has 22 heavy (non-hydrogen) atoms. The lowest BCUT2D eigenvalue weighted by molar-refractivity contribution is 0.0692. The van der Waals surface area contributed by atoms with Crippen LogP contribution < -0.4 is 9.47 Å². The minimum absolute atomic E-state index is 0.178. The number of rotatable bonds is 7. The van der Waals surface area contributed by atoms with Crippen molar-refractivity contribution in [1.29, 1.82) is 0 Å². The van der Waals surface area contributed by atoms with E-state index < -0.39 is 5.97 Å². The molecule has 0 unspecified atom stereocenters. The first kappa shape index (κ1) is 15.9. The number of benzene rings is 2. The molecule has 0 amide bonds. The Bertz CT molecular complexity index is 649. The Kier molecular flexibility index (Phi) is 5.42. The van der Waals surface area contributed by atoms with Gasteiger partial charge in [-0.1, -0.05) is 18.2 Å². The lowest BCUT2D eigenvalue weighted by atomic mass is 10.1. The molecular formula is C18H20O4. The van der Waals surface area contributed by atoms with Crippen LogP contribution in [-0.4, -0.2) is 24.3 Å². The van der Waals surface area contributed by atoms with E-state index in [1.165, 1.54) is 17.2 Å².